The molecule has 2 heteroatoms. The smallest absolute Gasteiger partial charge is 0.225 e. The fourth-order valence-electron chi connectivity index (χ4n) is 1.80. The third-order valence-electron chi connectivity index (χ3n) is 2.80. The molecule has 0 atom stereocenters. The van der Waals surface area contributed by atoms with Gasteiger partial charge in [-0.1, -0.05) is 12.2 Å². The first-order valence-electron chi connectivity index (χ1n) is 4.73. The number of hydrogen-bond donors (Lipinski definition) is 0. The number of hydrogen-bond acceptors (Lipinski definition) is 1. The van der Waals surface area contributed by atoms with E-state index in [1.807, 2.05) is 4.90 Å². The number of nitrogens with zero attached hydrogens (tertiary/aromatic N) is 1. The lowest BCUT2D eigenvalue weighted by atomic mass is 9.86. The van der Waals surface area contributed by atoms with E-state index < -0.39 is 0 Å². The van der Waals surface area contributed by atoms with Crippen molar-refractivity contribution in [3.63, 3.8) is 0 Å². The van der Waals surface area contributed by atoms with Crippen LogP contribution in [-0.4, -0.2) is 23.9 Å². The highest BCUT2D eigenvalue weighted by Crippen LogP contribution is 2.29. The first-order chi connectivity index (χ1) is 5.77. The summed E-state index contributed by atoms with van der Waals surface area (Å²) in [6.45, 7) is 5.94. The van der Waals surface area contributed by atoms with Gasteiger partial charge in [0.25, 0.3) is 0 Å². The van der Waals surface area contributed by atoms with E-state index in [0.29, 0.717) is 11.8 Å². The molecule has 1 aliphatic carbocycles. The summed E-state index contributed by atoms with van der Waals surface area (Å²) >= 11 is 0. The van der Waals surface area contributed by atoms with Crippen LogP contribution in [0.25, 0.3) is 0 Å². The molecule has 66 valence electrons. The highest BCUT2D eigenvalue weighted by atomic mass is 16.2. The monoisotopic (exact) mass is 165 g/mol. The molecule has 0 bridgehead atoms. The summed E-state index contributed by atoms with van der Waals surface area (Å²) in [6.07, 6.45) is 4.19. The Bertz CT molecular complexity index is 208. The molecular formula is C10H15NO. The van der Waals surface area contributed by atoms with E-state index >= 15 is 0 Å². The van der Waals surface area contributed by atoms with Gasteiger partial charge in [0.15, 0.2) is 0 Å². The Morgan fingerprint density at radius 3 is 2.42 bits per heavy atom. The van der Waals surface area contributed by atoms with E-state index in [1.165, 1.54) is 5.57 Å². The van der Waals surface area contributed by atoms with Crippen molar-refractivity contribution in [1.82, 2.24) is 4.90 Å². The summed E-state index contributed by atoms with van der Waals surface area (Å²) in [4.78, 5) is 13.5. The maximum atomic E-state index is 11.6. The number of carbonyl (C=O) groups excluding carboxylic acids is 1. The van der Waals surface area contributed by atoms with Gasteiger partial charge in [-0.25, -0.2) is 0 Å². The molecule has 2 nitrogen and oxygen atoms in total. The normalized spacial score (nSPS) is 24.3. The predicted molar refractivity (Wildman–Crippen MR) is 47.7 cm³/mol. The fraction of sp³-hybridized carbons (Fsp3) is 0.700. The molecule has 12 heavy (non-hydrogen) atoms. The van der Waals surface area contributed by atoms with Crippen LogP contribution in [0.2, 0.25) is 0 Å². The number of amides is 1. The third-order valence-corrected chi connectivity index (χ3v) is 2.80. The molecule has 1 saturated carbocycles. The van der Waals surface area contributed by atoms with Crippen molar-refractivity contribution in [3.8, 4) is 0 Å². The summed E-state index contributed by atoms with van der Waals surface area (Å²) in [5, 5.41) is 0. The molecule has 0 unspecified atom stereocenters. The van der Waals surface area contributed by atoms with Gasteiger partial charge in [0.1, 0.15) is 0 Å². The van der Waals surface area contributed by atoms with Crippen molar-refractivity contribution in [1.29, 1.82) is 0 Å². The molecule has 2 aliphatic rings. The van der Waals surface area contributed by atoms with Gasteiger partial charge in [-0.3, -0.25) is 4.79 Å². The maximum absolute atomic E-state index is 11.6. The standard InChI is InChI=1S/C10H15NO/c1-8-2-4-9(5-3-8)10(12)11-6-7-11/h9H,1-7H2. The van der Waals surface area contributed by atoms with Crippen molar-refractivity contribution in [2.24, 2.45) is 5.92 Å². The van der Waals surface area contributed by atoms with Crippen molar-refractivity contribution in [3.05, 3.63) is 12.2 Å². The molecule has 1 heterocycles. The molecule has 0 radical (unpaired) electrons. The summed E-state index contributed by atoms with van der Waals surface area (Å²) in [6, 6.07) is 0. The average Bonchev–Trinajstić information content (AvgIpc) is 2.87. The molecule has 2 fully saturated rings. The second-order valence-electron chi connectivity index (χ2n) is 3.85. The third kappa shape index (κ3) is 1.52. The molecule has 0 aromatic carbocycles. The van der Waals surface area contributed by atoms with Gasteiger partial charge in [0, 0.05) is 19.0 Å². The number of allylic oxidation sites excluding steroid dienone is 1. The van der Waals surface area contributed by atoms with E-state index in [0.717, 1.165) is 38.8 Å². The van der Waals surface area contributed by atoms with Crippen LogP contribution >= 0.6 is 0 Å². The highest BCUT2D eigenvalue weighted by Gasteiger charge is 2.31. The van der Waals surface area contributed by atoms with E-state index in [-0.39, 0.29) is 0 Å². The highest BCUT2D eigenvalue weighted by molar-refractivity contribution is 5.80. The molecule has 2 rings (SSSR count). The van der Waals surface area contributed by atoms with E-state index in [2.05, 4.69) is 6.58 Å². The Morgan fingerprint density at radius 1 is 1.33 bits per heavy atom. The zero-order valence-electron chi connectivity index (χ0n) is 7.38. The topological polar surface area (TPSA) is 20.1 Å². The van der Waals surface area contributed by atoms with Crippen LogP contribution in [-0.2, 0) is 4.79 Å². The van der Waals surface area contributed by atoms with Crippen LogP contribution in [0.4, 0.5) is 0 Å². The lowest BCUT2D eigenvalue weighted by Crippen LogP contribution is -2.24. The van der Waals surface area contributed by atoms with Crippen molar-refractivity contribution in [2.45, 2.75) is 25.7 Å². The first kappa shape index (κ1) is 7.84. The van der Waals surface area contributed by atoms with E-state index in [9.17, 15) is 4.79 Å². The molecule has 0 spiro atoms. The van der Waals surface area contributed by atoms with Gasteiger partial charge >= 0.3 is 0 Å². The molecule has 1 amide bonds. The van der Waals surface area contributed by atoms with Gasteiger partial charge in [-0.05, 0) is 25.7 Å². The molecule has 0 N–H and O–H groups in total. The summed E-state index contributed by atoms with van der Waals surface area (Å²) in [5.41, 5.74) is 1.32. The second kappa shape index (κ2) is 2.92. The minimum Gasteiger partial charge on any atom is -0.339 e. The van der Waals surface area contributed by atoms with E-state index in [4.69, 9.17) is 0 Å². The molecular weight excluding hydrogens is 150 g/mol. The van der Waals surface area contributed by atoms with Gasteiger partial charge in [-0.2, -0.15) is 0 Å². The van der Waals surface area contributed by atoms with Crippen molar-refractivity contribution >= 4 is 5.91 Å². The van der Waals surface area contributed by atoms with Crippen molar-refractivity contribution in [2.75, 3.05) is 13.1 Å². The molecule has 0 aromatic rings. The van der Waals surface area contributed by atoms with Crippen LogP contribution in [0.5, 0.6) is 0 Å². The van der Waals surface area contributed by atoms with E-state index in [1.54, 1.807) is 0 Å². The average molecular weight is 165 g/mol. The zero-order chi connectivity index (χ0) is 8.55. The Hall–Kier alpha value is -0.790. The van der Waals surface area contributed by atoms with Gasteiger partial charge in [0.2, 0.25) is 5.91 Å². The molecule has 1 saturated heterocycles. The van der Waals surface area contributed by atoms with Gasteiger partial charge in [-0.15, -0.1) is 0 Å². The Balaban J connectivity index is 1.88. The SMILES string of the molecule is C=C1CCC(C(=O)N2CC2)CC1. The fourth-order valence-corrected chi connectivity index (χ4v) is 1.80. The van der Waals surface area contributed by atoms with Gasteiger partial charge in [0.05, 0.1) is 0 Å². The number of carbonyl (C=O) groups is 1. The Labute approximate surface area is 73.2 Å². The minimum absolute atomic E-state index is 0.318. The minimum atomic E-state index is 0.318. The predicted octanol–water partition coefficient (Wildman–Crippen LogP) is 1.58. The molecule has 1 aliphatic heterocycles. The quantitative estimate of drug-likeness (QED) is 0.426. The molecule has 0 aromatic heterocycles. The lowest BCUT2D eigenvalue weighted by Gasteiger charge is -2.22. The first-order valence-corrected chi connectivity index (χ1v) is 4.73. The maximum Gasteiger partial charge on any atom is 0.225 e. The Morgan fingerprint density at radius 2 is 1.92 bits per heavy atom. The van der Waals surface area contributed by atoms with Crippen LogP contribution in [0.1, 0.15) is 25.7 Å². The van der Waals surface area contributed by atoms with Crippen LogP contribution in [0, 0.1) is 5.92 Å². The van der Waals surface area contributed by atoms with Gasteiger partial charge < -0.3 is 4.90 Å². The zero-order valence-corrected chi connectivity index (χ0v) is 7.38. The summed E-state index contributed by atoms with van der Waals surface area (Å²) in [5.74, 6) is 0.709. The number of rotatable bonds is 1. The summed E-state index contributed by atoms with van der Waals surface area (Å²) < 4.78 is 0. The Kier molecular flexibility index (Phi) is 1.91. The lowest BCUT2D eigenvalue weighted by molar-refractivity contribution is -0.130. The second-order valence-corrected chi connectivity index (χ2v) is 3.85. The summed E-state index contributed by atoms with van der Waals surface area (Å²) in [7, 11) is 0. The largest absolute Gasteiger partial charge is 0.339 e. The van der Waals surface area contributed by atoms with Crippen LogP contribution in [0.15, 0.2) is 12.2 Å². The van der Waals surface area contributed by atoms with Crippen LogP contribution < -0.4 is 0 Å². The van der Waals surface area contributed by atoms with Crippen molar-refractivity contribution < 1.29 is 4.79 Å². The van der Waals surface area contributed by atoms with Crippen LogP contribution in [0.3, 0.4) is 0 Å².